The first kappa shape index (κ1) is 21.6. The highest BCUT2D eigenvalue weighted by molar-refractivity contribution is 5.96. The van der Waals surface area contributed by atoms with Crippen molar-refractivity contribution in [2.75, 3.05) is 25.5 Å². The molecule has 0 bridgehead atoms. The third-order valence-corrected chi connectivity index (χ3v) is 5.97. The number of fused-ring (bicyclic) bond motifs is 1. The minimum Gasteiger partial charge on any atom is -0.504 e. The predicted octanol–water partition coefficient (Wildman–Crippen LogP) is 3.62. The second-order valence-corrected chi connectivity index (χ2v) is 8.10. The smallest absolute Gasteiger partial charge is 0.272 e. The number of hydrogen-bond acceptors (Lipinski definition) is 5. The van der Waals surface area contributed by atoms with Crippen LogP contribution in [-0.2, 0) is 11.2 Å². The Hall–Kier alpha value is -3.58. The average Bonchev–Trinajstić information content (AvgIpc) is 2.77. The average molecular weight is 434 g/mol. The Bertz CT molecular complexity index is 1200. The number of aromatic hydroxyl groups is 1. The van der Waals surface area contributed by atoms with Gasteiger partial charge in [-0.25, -0.2) is 0 Å². The van der Waals surface area contributed by atoms with E-state index in [1.807, 2.05) is 56.3 Å². The van der Waals surface area contributed by atoms with E-state index in [4.69, 9.17) is 4.74 Å². The van der Waals surface area contributed by atoms with E-state index in [0.717, 1.165) is 22.4 Å². The topological polar surface area (TPSA) is 94.7 Å². The summed E-state index contributed by atoms with van der Waals surface area (Å²) in [4.78, 5) is 30.5. The van der Waals surface area contributed by atoms with Gasteiger partial charge in [0.15, 0.2) is 11.5 Å². The van der Waals surface area contributed by atoms with Gasteiger partial charge < -0.3 is 20.1 Å². The zero-order chi connectivity index (χ0) is 22.8. The fraction of sp³-hybridized carbons (Fsp3) is 0.280. The maximum atomic E-state index is 13.0. The number of benzene rings is 2. The first-order valence-electron chi connectivity index (χ1n) is 10.6. The summed E-state index contributed by atoms with van der Waals surface area (Å²) in [7, 11) is 1.52. The molecule has 0 saturated heterocycles. The molecule has 7 nitrogen and oxygen atoms in total. The van der Waals surface area contributed by atoms with Crippen LogP contribution in [0, 0.1) is 6.92 Å². The number of ether oxygens (including phenoxy) is 1. The number of hydrogen-bond donors (Lipinski definition) is 3. The van der Waals surface area contributed by atoms with Gasteiger partial charge in [0.2, 0.25) is 5.91 Å². The van der Waals surface area contributed by atoms with Crippen LogP contribution in [-0.4, -0.2) is 41.1 Å². The summed E-state index contributed by atoms with van der Waals surface area (Å²) >= 11 is 0. The van der Waals surface area contributed by atoms with Gasteiger partial charge in [-0.15, -0.1) is 0 Å². The van der Waals surface area contributed by atoms with Gasteiger partial charge in [0.25, 0.3) is 5.56 Å². The quantitative estimate of drug-likeness (QED) is 0.571. The number of aryl methyl sites for hydroxylation is 1. The van der Waals surface area contributed by atoms with Crippen molar-refractivity contribution in [2.45, 2.75) is 26.3 Å². The largest absolute Gasteiger partial charge is 0.504 e. The number of rotatable bonds is 5. The molecule has 1 atom stereocenters. The molecule has 0 radical (unpaired) electrons. The van der Waals surface area contributed by atoms with Gasteiger partial charge in [-0.2, -0.15) is 0 Å². The normalized spacial score (nSPS) is 15.8. The zero-order valence-corrected chi connectivity index (χ0v) is 18.4. The number of phenols is 1. The van der Waals surface area contributed by atoms with E-state index in [0.29, 0.717) is 24.3 Å². The lowest BCUT2D eigenvalue weighted by Crippen LogP contribution is -2.40. The Morgan fingerprint density at radius 2 is 2.00 bits per heavy atom. The number of H-pyrrole nitrogens is 1. The van der Waals surface area contributed by atoms with E-state index >= 15 is 0 Å². The number of carbonyl (C=O) groups is 1. The molecule has 0 saturated carbocycles. The monoisotopic (exact) mass is 433 g/mol. The van der Waals surface area contributed by atoms with E-state index in [9.17, 15) is 14.7 Å². The van der Waals surface area contributed by atoms with Crippen molar-refractivity contribution in [3.05, 3.63) is 75.7 Å². The van der Waals surface area contributed by atoms with Crippen molar-refractivity contribution >= 4 is 11.6 Å². The van der Waals surface area contributed by atoms with Gasteiger partial charge in [0.05, 0.1) is 13.7 Å². The second-order valence-electron chi connectivity index (χ2n) is 8.10. The van der Waals surface area contributed by atoms with Crippen molar-refractivity contribution in [2.24, 2.45) is 0 Å². The van der Waals surface area contributed by atoms with Gasteiger partial charge in [-0.3, -0.25) is 14.5 Å². The van der Waals surface area contributed by atoms with Crippen LogP contribution in [0.3, 0.4) is 0 Å². The molecular weight excluding hydrogens is 406 g/mol. The maximum Gasteiger partial charge on any atom is 0.272 e. The van der Waals surface area contributed by atoms with Crippen LogP contribution >= 0.6 is 0 Å². The first-order valence-corrected chi connectivity index (χ1v) is 10.6. The number of aromatic amines is 1. The molecule has 1 aliphatic heterocycles. The molecule has 0 spiro atoms. The number of nitrogens with zero attached hydrogens (tertiary/aromatic N) is 1. The highest BCUT2D eigenvalue weighted by atomic mass is 16.5. The summed E-state index contributed by atoms with van der Waals surface area (Å²) < 4.78 is 5.25. The molecule has 32 heavy (non-hydrogen) atoms. The van der Waals surface area contributed by atoms with Crippen molar-refractivity contribution < 1.29 is 14.6 Å². The minimum absolute atomic E-state index is 0.0381. The van der Waals surface area contributed by atoms with Gasteiger partial charge >= 0.3 is 0 Å². The molecule has 4 rings (SSSR count). The lowest BCUT2D eigenvalue weighted by Gasteiger charge is -2.35. The Morgan fingerprint density at radius 3 is 2.72 bits per heavy atom. The van der Waals surface area contributed by atoms with Crippen LogP contribution in [0.4, 0.5) is 5.69 Å². The van der Waals surface area contributed by atoms with Crippen LogP contribution in [0.25, 0.3) is 11.1 Å². The molecule has 0 fully saturated rings. The van der Waals surface area contributed by atoms with E-state index in [-0.39, 0.29) is 35.5 Å². The van der Waals surface area contributed by atoms with Gasteiger partial charge in [0.1, 0.15) is 5.69 Å². The Balaban J connectivity index is 1.56. The maximum absolute atomic E-state index is 13.0. The predicted molar refractivity (Wildman–Crippen MR) is 124 cm³/mol. The number of pyridine rings is 1. The molecule has 1 unspecified atom stereocenters. The number of aromatic nitrogens is 1. The lowest BCUT2D eigenvalue weighted by molar-refractivity contribution is -0.117. The van der Waals surface area contributed by atoms with E-state index in [1.54, 1.807) is 6.07 Å². The molecule has 2 heterocycles. The first-order chi connectivity index (χ1) is 15.4. The van der Waals surface area contributed by atoms with E-state index < -0.39 is 0 Å². The van der Waals surface area contributed by atoms with E-state index in [1.165, 1.54) is 7.11 Å². The summed E-state index contributed by atoms with van der Waals surface area (Å²) in [6.07, 6.45) is 0.713. The number of amides is 1. The molecule has 1 amide bonds. The van der Waals surface area contributed by atoms with Crippen molar-refractivity contribution in [3.63, 3.8) is 0 Å². The molecule has 3 aromatic rings. The summed E-state index contributed by atoms with van der Waals surface area (Å²) in [5.41, 5.74) is 4.29. The Morgan fingerprint density at radius 1 is 1.25 bits per heavy atom. The van der Waals surface area contributed by atoms with Gasteiger partial charge in [-0.05, 0) is 55.2 Å². The second kappa shape index (κ2) is 8.88. The summed E-state index contributed by atoms with van der Waals surface area (Å²) in [5, 5.41) is 12.9. The van der Waals surface area contributed by atoms with Crippen LogP contribution in [0.1, 0.15) is 29.8 Å². The molecule has 1 aliphatic rings. The number of phenolic OH excluding ortho intramolecular Hbond substituents is 1. The van der Waals surface area contributed by atoms with E-state index in [2.05, 4.69) is 15.2 Å². The number of carbonyl (C=O) groups excluding carboxylic acids is 1. The number of methoxy groups -OCH3 is 1. The fourth-order valence-corrected chi connectivity index (χ4v) is 4.29. The van der Waals surface area contributed by atoms with Crippen molar-refractivity contribution in [1.29, 1.82) is 0 Å². The molecule has 1 aromatic heterocycles. The lowest BCUT2D eigenvalue weighted by atomic mass is 9.93. The molecule has 166 valence electrons. The molecule has 7 heteroatoms. The zero-order valence-electron chi connectivity index (χ0n) is 18.4. The van der Waals surface area contributed by atoms with Crippen LogP contribution in [0.15, 0.2) is 53.3 Å². The Labute approximate surface area is 186 Å². The van der Waals surface area contributed by atoms with Crippen molar-refractivity contribution in [1.82, 2.24) is 9.88 Å². The van der Waals surface area contributed by atoms with Gasteiger partial charge in [0, 0.05) is 23.8 Å². The standard InChI is InChI=1S/C25H27N3O4/c1-15-11-20(17-7-5-4-6-8-17)24(25(31)26-15)27-23(30)14-28-10-9-18-12-21(29)22(32-3)13-19(18)16(28)2/h4-8,11-13,16,29H,9-10,14H2,1-3H3,(H,26,31)(H,27,30). The summed E-state index contributed by atoms with van der Waals surface area (Å²) in [5.74, 6) is 0.287. The van der Waals surface area contributed by atoms with Crippen LogP contribution in [0.2, 0.25) is 0 Å². The highest BCUT2D eigenvalue weighted by Gasteiger charge is 2.27. The van der Waals surface area contributed by atoms with Crippen LogP contribution < -0.4 is 15.6 Å². The minimum atomic E-state index is -0.325. The molecule has 0 aliphatic carbocycles. The molecular formula is C25H27N3O4. The number of nitrogens with one attached hydrogen (secondary N) is 2. The van der Waals surface area contributed by atoms with Crippen molar-refractivity contribution in [3.8, 4) is 22.6 Å². The third-order valence-electron chi connectivity index (χ3n) is 5.97. The summed E-state index contributed by atoms with van der Waals surface area (Å²) in [6, 6.07) is 14.9. The fourth-order valence-electron chi connectivity index (χ4n) is 4.29. The van der Waals surface area contributed by atoms with Crippen LogP contribution in [0.5, 0.6) is 11.5 Å². The molecule has 2 aromatic carbocycles. The van der Waals surface area contributed by atoms with Gasteiger partial charge in [-0.1, -0.05) is 30.3 Å². The SMILES string of the molecule is COc1cc2c(cc1O)CCN(CC(=O)Nc1c(-c3ccccc3)cc(C)[nH]c1=O)C2C. The highest BCUT2D eigenvalue weighted by Crippen LogP contribution is 2.37. The summed E-state index contributed by atoms with van der Waals surface area (Å²) in [6.45, 7) is 4.66. The third kappa shape index (κ3) is 4.24. The molecule has 3 N–H and O–H groups in total. The number of anilines is 1. The Kier molecular flexibility index (Phi) is 6.01.